The third kappa shape index (κ3) is 4.52. The molecule has 8 heteroatoms. The first-order valence-electron chi connectivity index (χ1n) is 9.31. The van der Waals surface area contributed by atoms with Gasteiger partial charge >= 0.3 is 0 Å². The summed E-state index contributed by atoms with van der Waals surface area (Å²) in [6.07, 6.45) is 0.176. The summed E-state index contributed by atoms with van der Waals surface area (Å²) in [5.41, 5.74) is 3.90. The Bertz CT molecular complexity index is 1080. The van der Waals surface area contributed by atoms with E-state index in [4.69, 9.17) is 11.6 Å². The number of amidine groups is 1. The first-order valence-corrected chi connectivity index (χ1v) is 12.4. The molecule has 5 nitrogen and oxygen atoms in total. The summed E-state index contributed by atoms with van der Waals surface area (Å²) in [7, 11) is -3.09. The molecule has 2 aliphatic rings. The number of carbonyl (C=O) groups is 1. The van der Waals surface area contributed by atoms with Gasteiger partial charge in [0.25, 0.3) is 5.91 Å². The number of amides is 1. The van der Waals surface area contributed by atoms with Gasteiger partial charge in [-0.15, -0.1) is 0 Å². The Hall–Kier alpha value is -1.83. The molecule has 2 aliphatic heterocycles. The van der Waals surface area contributed by atoms with E-state index in [1.54, 1.807) is 12.1 Å². The van der Waals surface area contributed by atoms with Gasteiger partial charge < -0.3 is 4.90 Å². The van der Waals surface area contributed by atoms with Crippen molar-refractivity contribution in [2.45, 2.75) is 31.6 Å². The maximum Gasteiger partial charge on any atom is 0.252 e. The second-order valence-electron chi connectivity index (χ2n) is 7.61. The fourth-order valence-corrected chi connectivity index (χ4v) is 7.94. The van der Waals surface area contributed by atoms with Crippen LogP contribution < -0.4 is 4.90 Å². The number of thioether (sulfide) groups is 1. The third-order valence-corrected chi connectivity index (χ3v) is 8.50. The number of anilines is 1. The number of aliphatic imine (C=N–C) groups is 1. The molecular formula is C21H21ClN2O3S2. The summed E-state index contributed by atoms with van der Waals surface area (Å²) < 4.78 is 24.4. The second-order valence-corrected chi connectivity index (χ2v) is 11.4. The molecule has 0 bridgehead atoms. The highest BCUT2D eigenvalue weighted by Gasteiger charge is 2.49. The van der Waals surface area contributed by atoms with Crippen LogP contribution in [0, 0.1) is 13.8 Å². The molecule has 4 rings (SSSR count). The van der Waals surface area contributed by atoms with E-state index in [0.29, 0.717) is 10.2 Å². The first-order chi connectivity index (χ1) is 13.7. The Morgan fingerprint density at radius 2 is 1.79 bits per heavy atom. The van der Waals surface area contributed by atoms with E-state index >= 15 is 0 Å². The maximum absolute atomic E-state index is 12.6. The molecular weight excluding hydrogens is 428 g/mol. The number of aryl methyl sites for hydroxylation is 2. The topological polar surface area (TPSA) is 66.8 Å². The normalized spacial score (nSPS) is 24.1. The molecule has 2 fully saturated rings. The lowest BCUT2D eigenvalue weighted by Gasteiger charge is -2.25. The van der Waals surface area contributed by atoms with Gasteiger partial charge in [0.2, 0.25) is 0 Å². The van der Waals surface area contributed by atoms with Gasteiger partial charge in [-0.2, -0.15) is 4.99 Å². The van der Waals surface area contributed by atoms with Crippen LogP contribution in [0.1, 0.15) is 16.7 Å². The molecule has 1 amide bonds. The van der Waals surface area contributed by atoms with Crippen molar-refractivity contribution in [3.63, 3.8) is 0 Å². The van der Waals surface area contributed by atoms with Crippen molar-refractivity contribution in [2.75, 3.05) is 16.4 Å². The fourth-order valence-electron chi connectivity index (χ4n) is 3.88. The highest BCUT2D eigenvalue weighted by atomic mass is 35.5. The van der Waals surface area contributed by atoms with Gasteiger partial charge in [0.05, 0.1) is 24.0 Å². The van der Waals surface area contributed by atoms with Crippen molar-refractivity contribution in [1.29, 1.82) is 0 Å². The molecule has 0 saturated carbocycles. The highest BCUT2D eigenvalue weighted by Crippen LogP contribution is 2.41. The molecule has 29 heavy (non-hydrogen) atoms. The minimum Gasteiger partial charge on any atom is -0.316 e. The van der Waals surface area contributed by atoms with Crippen LogP contribution in [-0.2, 0) is 21.1 Å². The summed E-state index contributed by atoms with van der Waals surface area (Å²) in [4.78, 5) is 19.0. The van der Waals surface area contributed by atoms with Crippen molar-refractivity contribution in [2.24, 2.45) is 4.99 Å². The lowest BCUT2D eigenvalue weighted by atomic mass is 10.1. The number of rotatable bonds is 3. The average molecular weight is 449 g/mol. The largest absolute Gasteiger partial charge is 0.316 e. The van der Waals surface area contributed by atoms with Crippen LogP contribution in [0.25, 0.3) is 0 Å². The third-order valence-electron chi connectivity index (χ3n) is 5.04. The van der Waals surface area contributed by atoms with E-state index in [1.807, 2.05) is 43.0 Å². The van der Waals surface area contributed by atoms with E-state index in [9.17, 15) is 13.2 Å². The SMILES string of the molecule is Cc1cc(C)cc(N2C(=NC(=O)Cc3ccc(Cl)cc3)S[C@H]3CS(=O)(=O)C[C@@H]32)c1. The molecule has 2 saturated heterocycles. The number of hydrogen-bond acceptors (Lipinski definition) is 4. The zero-order valence-corrected chi connectivity index (χ0v) is 18.5. The summed E-state index contributed by atoms with van der Waals surface area (Å²) in [5, 5.41) is 1.09. The molecule has 2 atom stereocenters. The van der Waals surface area contributed by atoms with E-state index < -0.39 is 9.84 Å². The minimum atomic E-state index is -3.09. The lowest BCUT2D eigenvalue weighted by molar-refractivity contribution is -0.117. The Kier molecular flexibility index (Phi) is 5.48. The number of benzene rings is 2. The van der Waals surface area contributed by atoms with E-state index in [1.165, 1.54) is 11.8 Å². The van der Waals surface area contributed by atoms with Crippen molar-refractivity contribution in [1.82, 2.24) is 0 Å². The first kappa shape index (κ1) is 20.4. The van der Waals surface area contributed by atoms with Gasteiger partial charge in [0, 0.05) is 16.0 Å². The smallest absolute Gasteiger partial charge is 0.252 e. The molecule has 0 spiro atoms. The standard InChI is InChI=1S/C21H21ClN2O3S2/c1-13-7-14(2)9-17(8-13)24-18-11-29(26,27)12-19(18)28-21(24)23-20(25)10-15-3-5-16(22)6-4-15/h3-9,18-19H,10-12H2,1-2H3/t18-,19-/m0/s1. The summed E-state index contributed by atoms with van der Waals surface area (Å²) in [6.45, 7) is 4.01. The number of halogens is 1. The van der Waals surface area contributed by atoms with Gasteiger partial charge in [-0.25, -0.2) is 8.42 Å². The predicted molar refractivity (Wildman–Crippen MR) is 120 cm³/mol. The Morgan fingerprint density at radius 3 is 2.45 bits per heavy atom. The van der Waals surface area contributed by atoms with Crippen LogP contribution in [-0.4, -0.2) is 42.3 Å². The van der Waals surface area contributed by atoms with Crippen molar-refractivity contribution >= 4 is 50.0 Å². The summed E-state index contributed by atoms with van der Waals surface area (Å²) >= 11 is 7.30. The van der Waals surface area contributed by atoms with Crippen LogP contribution in [0.5, 0.6) is 0 Å². The average Bonchev–Trinajstić information content (AvgIpc) is 3.06. The molecule has 2 aromatic carbocycles. The summed E-state index contributed by atoms with van der Waals surface area (Å²) in [6, 6.07) is 13.0. The van der Waals surface area contributed by atoms with Gasteiger partial charge in [-0.3, -0.25) is 4.79 Å². The van der Waals surface area contributed by atoms with Gasteiger partial charge in [-0.05, 0) is 54.8 Å². The number of nitrogens with zero attached hydrogens (tertiary/aromatic N) is 2. The van der Waals surface area contributed by atoms with Crippen molar-refractivity contribution < 1.29 is 13.2 Å². The molecule has 2 heterocycles. The molecule has 0 aromatic heterocycles. The van der Waals surface area contributed by atoms with Crippen LogP contribution in [0.15, 0.2) is 47.5 Å². The highest BCUT2D eigenvalue weighted by molar-refractivity contribution is 8.16. The van der Waals surface area contributed by atoms with Crippen molar-refractivity contribution in [3.05, 3.63) is 64.2 Å². The number of sulfone groups is 1. The number of fused-ring (bicyclic) bond motifs is 1. The Morgan fingerprint density at radius 1 is 1.14 bits per heavy atom. The van der Waals surface area contributed by atoms with E-state index in [-0.39, 0.29) is 35.1 Å². The Balaban J connectivity index is 1.66. The van der Waals surface area contributed by atoms with Crippen LogP contribution in [0.3, 0.4) is 0 Å². The second kappa shape index (κ2) is 7.78. The van der Waals surface area contributed by atoms with E-state index in [0.717, 1.165) is 22.4 Å². The number of hydrogen-bond donors (Lipinski definition) is 0. The molecule has 0 radical (unpaired) electrons. The van der Waals surface area contributed by atoms with Crippen LogP contribution in [0.2, 0.25) is 5.02 Å². The van der Waals surface area contributed by atoms with Gasteiger partial charge in [0.15, 0.2) is 15.0 Å². The lowest BCUT2D eigenvalue weighted by Crippen LogP contribution is -2.37. The fraction of sp³-hybridized carbons (Fsp3) is 0.333. The van der Waals surface area contributed by atoms with Crippen LogP contribution in [0.4, 0.5) is 5.69 Å². The molecule has 0 unspecified atom stereocenters. The minimum absolute atomic E-state index is 0.0854. The molecule has 2 aromatic rings. The molecule has 0 N–H and O–H groups in total. The molecule has 0 aliphatic carbocycles. The summed E-state index contributed by atoms with van der Waals surface area (Å²) in [5.74, 6) is -0.0529. The van der Waals surface area contributed by atoms with Gasteiger partial charge in [0.1, 0.15) is 0 Å². The predicted octanol–water partition coefficient (Wildman–Crippen LogP) is 3.80. The zero-order chi connectivity index (χ0) is 20.8. The maximum atomic E-state index is 12.6. The van der Waals surface area contributed by atoms with Crippen molar-refractivity contribution in [3.8, 4) is 0 Å². The number of carbonyl (C=O) groups excluding carboxylic acids is 1. The monoisotopic (exact) mass is 448 g/mol. The quantitative estimate of drug-likeness (QED) is 0.714. The Labute approximate surface area is 180 Å². The van der Waals surface area contributed by atoms with Crippen LogP contribution >= 0.6 is 23.4 Å². The zero-order valence-electron chi connectivity index (χ0n) is 16.1. The van der Waals surface area contributed by atoms with E-state index in [2.05, 4.69) is 11.1 Å². The van der Waals surface area contributed by atoms with Gasteiger partial charge in [-0.1, -0.05) is 41.6 Å². The molecule has 152 valence electrons.